The van der Waals surface area contributed by atoms with Crippen molar-refractivity contribution in [3.05, 3.63) is 29.8 Å². The summed E-state index contributed by atoms with van der Waals surface area (Å²) in [4.78, 5) is 16.6. The van der Waals surface area contributed by atoms with Gasteiger partial charge in [0, 0.05) is 23.5 Å². The van der Waals surface area contributed by atoms with Crippen molar-refractivity contribution in [1.29, 1.82) is 5.26 Å². The van der Waals surface area contributed by atoms with Crippen LogP contribution in [0.3, 0.4) is 0 Å². The second-order valence-electron chi connectivity index (χ2n) is 5.39. The van der Waals surface area contributed by atoms with E-state index in [0.717, 1.165) is 25.0 Å². The summed E-state index contributed by atoms with van der Waals surface area (Å²) in [6.45, 7) is 0.555. The van der Waals surface area contributed by atoms with E-state index in [1.165, 1.54) is 16.9 Å². The van der Waals surface area contributed by atoms with E-state index in [1.807, 2.05) is 6.07 Å². The maximum absolute atomic E-state index is 12.4. The van der Waals surface area contributed by atoms with Gasteiger partial charge in [-0.2, -0.15) is 26.9 Å². The molecule has 2 rings (SSSR count). The summed E-state index contributed by atoms with van der Waals surface area (Å²) in [6, 6.07) is 6.31. The van der Waals surface area contributed by atoms with E-state index in [4.69, 9.17) is 0 Å². The van der Waals surface area contributed by atoms with Crippen LogP contribution in [-0.2, 0) is 10.0 Å². The zero-order chi connectivity index (χ0) is 18.7. The lowest BCUT2D eigenvalue weighted by Crippen LogP contribution is -2.30. The van der Waals surface area contributed by atoms with E-state index in [2.05, 4.69) is 4.99 Å². The predicted molar refractivity (Wildman–Crippen MR) is 84.6 cm³/mol. The van der Waals surface area contributed by atoms with E-state index < -0.39 is 27.2 Å². The van der Waals surface area contributed by atoms with Crippen molar-refractivity contribution in [2.75, 3.05) is 11.3 Å². The number of anilines is 1. The molecule has 25 heavy (non-hydrogen) atoms. The molecule has 1 N–H and O–H groups in total. The van der Waals surface area contributed by atoms with Crippen LogP contribution in [0.15, 0.2) is 29.3 Å². The van der Waals surface area contributed by atoms with Gasteiger partial charge in [0.1, 0.15) is 5.92 Å². The molecule has 134 valence electrons. The standard InChI is InChI=1S/C15H14F3N3O3S/c16-15(17,18)25(23,24)21-11-6-4-10(5-7-11)14(22)12(9-19)13-3-1-2-8-20-13/h4-7,12,21H,1-3,8H2. The molecule has 1 atom stereocenters. The third-order valence-electron chi connectivity index (χ3n) is 3.61. The third-order valence-corrected chi connectivity index (χ3v) is 4.72. The summed E-state index contributed by atoms with van der Waals surface area (Å²) < 4.78 is 60.4. The van der Waals surface area contributed by atoms with E-state index in [1.54, 1.807) is 0 Å². The molecule has 0 radical (unpaired) electrons. The Bertz CT molecular complexity index is 824. The number of carbonyl (C=O) groups excluding carboxylic acids is 1. The summed E-state index contributed by atoms with van der Waals surface area (Å²) in [6.07, 6.45) is 2.28. The van der Waals surface area contributed by atoms with E-state index >= 15 is 0 Å². The Morgan fingerprint density at radius 2 is 1.88 bits per heavy atom. The van der Waals surface area contributed by atoms with Crippen molar-refractivity contribution >= 4 is 27.2 Å². The molecule has 10 heteroatoms. The zero-order valence-corrected chi connectivity index (χ0v) is 13.7. The molecule has 0 aliphatic carbocycles. The van der Waals surface area contributed by atoms with Gasteiger partial charge in [0.25, 0.3) is 0 Å². The van der Waals surface area contributed by atoms with Gasteiger partial charge in [0.15, 0.2) is 5.78 Å². The van der Waals surface area contributed by atoms with E-state index in [9.17, 15) is 31.6 Å². The van der Waals surface area contributed by atoms with Crippen LogP contribution in [0.5, 0.6) is 0 Å². The Balaban J connectivity index is 2.18. The van der Waals surface area contributed by atoms with Crippen LogP contribution >= 0.6 is 0 Å². The maximum atomic E-state index is 12.4. The average molecular weight is 373 g/mol. The monoisotopic (exact) mass is 373 g/mol. The fourth-order valence-corrected chi connectivity index (χ4v) is 2.88. The zero-order valence-electron chi connectivity index (χ0n) is 12.9. The van der Waals surface area contributed by atoms with E-state index in [0.29, 0.717) is 18.7 Å². The Kier molecular flexibility index (Phi) is 5.47. The lowest BCUT2D eigenvalue weighted by molar-refractivity contribution is -0.0429. The summed E-state index contributed by atoms with van der Waals surface area (Å²) in [5.74, 6) is -1.56. The number of aliphatic imine (C=N–C) groups is 1. The summed E-state index contributed by atoms with van der Waals surface area (Å²) in [7, 11) is -5.53. The first kappa shape index (κ1) is 18.9. The molecule has 0 spiro atoms. The highest BCUT2D eigenvalue weighted by molar-refractivity contribution is 7.93. The van der Waals surface area contributed by atoms with Gasteiger partial charge in [-0.3, -0.25) is 14.5 Å². The largest absolute Gasteiger partial charge is 0.516 e. The molecule has 1 heterocycles. The van der Waals surface area contributed by atoms with Crippen LogP contribution in [-0.4, -0.2) is 32.0 Å². The normalized spacial score (nSPS) is 16.5. The molecule has 0 saturated heterocycles. The number of hydrogen-bond acceptors (Lipinski definition) is 5. The molecule has 0 saturated carbocycles. The van der Waals surface area contributed by atoms with Crippen LogP contribution in [0.2, 0.25) is 0 Å². The second-order valence-corrected chi connectivity index (χ2v) is 7.06. The van der Waals surface area contributed by atoms with Crippen molar-refractivity contribution in [2.24, 2.45) is 10.9 Å². The second kappa shape index (κ2) is 7.23. The SMILES string of the molecule is N#CC(C(=O)c1ccc(NS(=O)(=O)C(F)(F)F)cc1)C1=NCCCC1. The average Bonchev–Trinajstić information content (AvgIpc) is 2.55. The molecule has 6 nitrogen and oxygen atoms in total. The molecule has 1 aliphatic rings. The number of rotatable bonds is 5. The van der Waals surface area contributed by atoms with Gasteiger partial charge in [-0.25, -0.2) is 0 Å². The van der Waals surface area contributed by atoms with E-state index in [-0.39, 0.29) is 11.3 Å². The fraction of sp³-hybridized carbons (Fsp3) is 0.400. The number of nitriles is 1. The Labute approximate surface area is 142 Å². The van der Waals surface area contributed by atoms with Gasteiger partial charge in [-0.05, 0) is 43.5 Å². The highest BCUT2D eigenvalue weighted by atomic mass is 32.2. The van der Waals surface area contributed by atoms with Gasteiger partial charge >= 0.3 is 15.5 Å². The highest BCUT2D eigenvalue weighted by Crippen LogP contribution is 2.26. The number of carbonyl (C=O) groups is 1. The molecule has 0 bridgehead atoms. The fourth-order valence-electron chi connectivity index (χ4n) is 2.32. The minimum atomic E-state index is -5.53. The number of benzene rings is 1. The van der Waals surface area contributed by atoms with Gasteiger partial charge in [0.05, 0.1) is 6.07 Å². The van der Waals surface area contributed by atoms with Crippen LogP contribution in [0.25, 0.3) is 0 Å². The predicted octanol–water partition coefficient (Wildman–Crippen LogP) is 2.90. The smallest absolute Gasteiger partial charge is 0.292 e. The number of Topliss-reactive ketones (excluding diaryl/α,β-unsaturated/α-hetero) is 1. The topological polar surface area (TPSA) is 99.4 Å². The molecule has 1 aromatic rings. The molecule has 0 fully saturated rings. The lowest BCUT2D eigenvalue weighted by Gasteiger charge is -2.16. The van der Waals surface area contributed by atoms with Crippen LogP contribution < -0.4 is 4.72 Å². The van der Waals surface area contributed by atoms with Crippen LogP contribution in [0, 0.1) is 17.2 Å². The molecule has 1 aliphatic heterocycles. The quantitative estimate of drug-likeness (QED) is 0.802. The Hall–Kier alpha value is -2.41. The number of halogens is 3. The molecule has 0 aromatic heterocycles. The summed E-state index contributed by atoms with van der Waals surface area (Å²) in [5.41, 5.74) is -5.18. The molecule has 0 amide bonds. The minimum absolute atomic E-state index is 0.0924. The molecular formula is C15H14F3N3O3S. The molecular weight excluding hydrogens is 359 g/mol. The maximum Gasteiger partial charge on any atom is 0.516 e. The van der Waals surface area contributed by atoms with Crippen LogP contribution in [0.1, 0.15) is 29.6 Å². The van der Waals surface area contributed by atoms with Gasteiger partial charge in [-0.15, -0.1) is 0 Å². The first-order chi connectivity index (χ1) is 11.7. The third kappa shape index (κ3) is 4.36. The molecule has 1 aromatic carbocycles. The van der Waals surface area contributed by atoms with Crippen molar-refractivity contribution in [2.45, 2.75) is 24.8 Å². The highest BCUT2D eigenvalue weighted by Gasteiger charge is 2.46. The van der Waals surface area contributed by atoms with Gasteiger partial charge in [-0.1, -0.05) is 0 Å². The number of ketones is 1. The number of nitrogens with zero attached hydrogens (tertiary/aromatic N) is 2. The number of nitrogens with one attached hydrogen (secondary N) is 1. The first-order valence-electron chi connectivity index (χ1n) is 7.32. The lowest BCUT2D eigenvalue weighted by atomic mass is 9.90. The van der Waals surface area contributed by atoms with Crippen molar-refractivity contribution < 1.29 is 26.4 Å². The van der Waals surface area contributed by atoms with Crippen molar-refractivity contribution in [1.82, 2.24) is 0 Å². The van der Waals surface area contributed by atoms with Gasteiger partial charge in [0.2, 0.25) is 0 Å². The molecule has 1 unspecified atom stereocenters. The minimum Gasteiger partial charge on any atom is -0.292 e. The van der Waals surface area contributed by atoms with Crippen molar-refractivity contribution in [3.63, 3.8) is 0 Å². The summed E-state index contributed by atoms with van der Waals surface area (Å²) in [5, 5.41) is 9.24. The van der Waals surface area contributed by atoms with Gasteiger partial charge < -0.3 is 0 Å². The summed E-state index contributed by atoms with van der Waals surface area (Å²) >= 11 is 0. The Morgan fingerprint density at radius 3 is 2.36 bits per heavy atom. The number of sulfonamides is 1. The number of hydrogen-bond donors (Lipinski definition) is 1. The Morgan fingerprint density at radius 1 is 1.24 bits per heavy atom. The van der Waals surface area contributed by atoms with Crippen molar-refractivity contribution in [3.8, 4) is 6.07 Å². The number of alkyl halides is 3. The first-order valence-corrected chi connectivity index (χ1v) is 8.80. The van der Waals surface area contributed by atoms with Crippen LogP contribution in [0.4, 0.5) is 18.9 Å².